The van der Waals surface area contributed by atoms with Gasteiger partial charge >= 0.3 is 5.97 Å². The molecule has 5 aromatic rings. The Morgan fingerprint density at radius 1 is 0.735 bits per heavy atom. The summed E-state index contributed by atoms with van der Waals surface area (Å²) in [4.78, 5) is 35.5. The summed E-state index contributed by atoms with van der Waals surface area (Å²) in [6, 6.07) is 23.8. The normalized spacial score (nSPS) is 14.2. The molecule has 0 N–H and O–H groups in total. The molecule has 0 aliphatic heterocycles. The zero-order chi connectivity index (χ0) is 23.2. The third-order valence-electron chi connectivity index (χ3n) is 6.93. The third kappa shape index (κ3) is 3.26. The topological polar surface area (TPSA) is 60.4 Å². The summed E-state index contributed by atoms with van der Waals surface area (Å²) < 4.78 is 5.09. The van der Waals surface area contributed by atoms with Crippen molar-refractivity contribution >= 4 is 60.6 Å². The molecule has 166 valence electrons. The molecule has 6 rings (SSSR count). The minimum Gasteiger partial charge on any atom is -0.434 e. The summed E-state index contributed by atoms with van der Waals surface area (Å²) in [6.07, 6.45) is 3.01. The summed E-state index contributed by atoms with van der Waals surface area (Å²) in [5, 5.41) is 10.0. The number of carbonyl (C=O) groups excluding carboxylic acids is 3. The van der Waals surface area contributed by atoms with Crippen LogP contribution < -0.4 is 0 Å². The molecular formula is C30H22O4. The van der Waals surface area contributed by atoms with Crippen LogP contribution in [0.1, 0.15) is 31.2 Å². The summed E-state index contributed by atoms with van der Waals surface area (Å²) in [7, 11) is 0. The molecule has 1 aliphatic rings. The number of hydrogen-bond donors (Lipinski definition) is 0. The van der Waals surface area contributed by atoms with E-state index >= 15 is 0 Å². The molecule has 0 bridgehead atoms. The first-order valence-electron chi connectivity index (χ1n) is 11.6. The van der Waals surface area contributed by atoms with Crippen LogP contribution in [0.4, 0.5) is 0 Å². The molecule has 0 aromatic heterocycles. The van der Waals surface area contributed by atoms with Crippen molar-refractivity contribution in [2.24, 2.45) is 0 Å². The van der Waals surface area contributed by atoms with Crippen LogP contribution in [0.2, 0.25) is 0 Å². The minimum absolute atomic E-state index is 0.00669. The van der Waals surface area contributed by atoms with Crippen LogP contribution in [0, 0.1) is 0 Å². The Morgan fingerprint density at radius 2 is 1.32 bits per heavy atom. The predicted octanol–water partition coefficient (Wildman–Crippen LogP) is 6.42. The lowest BCUT2D eigenvalue weighted by atomic mass is 9.87. The molecule has 0 saturated heterocycles. The van der Waals surface area contributed by atoms with Crippen LogP contribution in [0.5, 0.6) is 0 Å². The average Bonchev–Trinajstić information content (AvgIpc) is 3.18. The Hall–Kier alpha value is -4.05. The summed E-state index contributed by atoms with van der Waals surface area (Å²) in [5.41, 5.74) is 1.20. The van der Waals surface area contributed by atoms with Gasteiger partial charge in [-0.3, -0.25) is 14.4 Å². The van der Waals surface area contributed by atoms with Crippen molar-refractivity contribution in [3.63, 3.8) is 0 Å². The molecule has 0 amide bonds. The van der Waals surface area contributed by atoms with E-state index in [-0.39, 0.29) is 36.4 Å². The SMILES string of the molecule is O=C(CCCc1ccc2c3cccc4cccc(c5cccc1c52)c43)OC=C1C(=O)CCC1=O. The largest absolute Gasteiger partial charge is 0.434 e. The number of ketones is 2. The van der Waals surface area contributed by atoms with Crippen molar-refractivity contribution in [2.45, 2.75) is 32.1 Å². The van der Waals surface area contributed by atoms with Crippen LogP contribution in [-0.4, -0.2) is 17.5 Å². The van der Waals surface area contributed by atoms with Crippen molar-refractivity contribution in [1.29, 1.82) is 0 Å². The molecule has 1 fully saturated rings. The Balaban J connectivity index is 1.30. The summed E-state index contributed by atoms with van der Waals surface area (Å²) in [5.74, 6) is -0.930. The number of hydrogen-bond acceptors (Lipinski definition) is 4. The first-order chi connectivity index (χ1) is 16.6. The number of carbonyl (C=O) groups is 3. The lowest BCUT2D eigenvalue weighted by Crippen LogP contribution is -2.05. The Bertz CT molecular complexity index is 1590. The highest BCUT2D eigenvalue weighted by Gasteiger charge is 2.26. The van der Waals surface area contributed by atoms with E-state index in [1.54, 1.807) is 0 Å². The maximum Gasteiger partial charge on any atom is 0.310 e. The maximum absolute atomic E-state index is 12.2. The molecular weight excluding hydrogens is 424 g/mol. The van der Waals surface area contributed by atoms with Gasteiger partial charge in [-0.25, -0.2) is 0 Å². The number of esters is 1. The number of aryl methyl sites for hydroxylation is 1. The van der Waals surface area contributed by atoms with Gasteiger partial charge in [-0.15, -0.1) is 0 Å². The van der Waals surface area contributed by atoms with Gasteiger partial charge < -0.3 is 4.74 Å². The first kappa shape index (κ1) is 20.5. The summed E-state index contributed by atoms with van der Waals surface area (Å²) >= 11 is 0. The number of allylic oxidation sites excluding steroid dienone is 1. The predicted molar refractivity (Wildman–Crippen MR) is 134 cm³/mol. The second-order valence-electron chi connectivity index (χ2n) is 8.93. The smallest absolute Gasteiger partial charge is 0.310 e. The van der Waals surface area contributed by atoms with E-state index < -0.39 is 5.97 Å². The number of fused-ring (bicyclic) bond motifs is 2. The fraction of sp³-hybridized carbons (Fsp3) is 0.167. The molecule has 1 saturated carbocycles. The fourth-order valence-electron chi connectivity index (χ4n) is 5.31. The van der Waals surface area contributed by atoms with Crippen LogP contribution in [0.25, 0.3) is 43.1 Å². The molecule has 5 aromatic carbocycles. The Morgan fingerprint density at radius 3 is 2.03 bits per heavy atom. The van der Waals surface area contributed by atoms with E-state index in [0.717, 1.165) is 12.7 Å². The molecule has 4 nitrogen and oxygen atoms in total. The van der Waals surface area contributed by atoms with Gasteiger partial charge in [0.1, 0.15) is 6.26 Å². The standard InChI is InChI=1S/C30H22O4/c31-26-15-16-27(32)25(26)17-34-28(33)12-3-5-18-13-14-24-22-10-2-7-19-6-1-9-21(29(19)22)23-11-4-8-20(18)30(23)24/h1-2,4,6-11,13-14,17H,3,5,12,15-16H2. The number of benzene rings is 5. The highest BCUT2D eigenvalue weighted by molar-refractivity contribution is 6.33. The van der Waals surface area contributed by atoms with E-state index in [0.29, 0.717) is 6.42 Å². The van der Waals surface area contributed by atoms with E-state index in [1.165, 1.54) is 48.7 Å². The highest BCUT2D eigenvalue weighted by atomic mass is 16.5. The van der Waals surface area contributed by atoms with E-state index in [2.05, 4.69) is 66.7 Å². The molecule has 0 spiro atoms. The lowest BCUT2D eigenvalue weighted by molar-refractivity contribution is -0.138. The van der Waals surface area contributed by atoms with Gasteiger partial charge in [0.15, 0.2) is 11.6 Å². The Labute approximate surface area is 196 Å². The van der Waals surface area contributed by atoms with E-state index in [1.807, 2.05) is 0 Å². The van der Waals surface area contributed by atoms with Crippen LogP contribution >= 0.6 is 0 Å². The van der Waals surface area contributed by atoms with Crippen LogP contribution in [0.15, 0.2) is 78.6 Å². The van der Waals surface area contributed by atoms with E-state index in [4.69, 9.17) is 4.74 Å². The van der Waals surface area contributed by atoms with Gasteiger partial charge in [0.05, 0.1) is 5.57 Å². The minimum atomic E-state index is -0.427. The fourth-order valence-corrected chi connectivity index (χ4v) is 5.31. The average molecular weight is 447 g/mol. The monoisotopic (exact) mass is 446 g/mol. The van der Waals surface area contributed by atoms with Gasteiger partial charge in [0, 0.05) is 19.3 Å². The van der Waals surface area contributed by atoms with Crippen molar-refractivity contribution in [3.05, 3.63) is 84.1 Å². The van der Waals surface area contributed by atoms with Crippen LogP contribution in [-0.2, 0) is 25.5 Å². The van der Waals surface area contributed by atoms with Gasteiger partial charge in [-0.1, -0.05) is 66.7 Å². The van der Waals surface area contributed by atoms with Crippen molar-refractivity contribution < 1.29 is 19.1 Å². The number of Topliss-reactive ketones (excluding diaryl/α,β-unsaturated/α-hetero) is 2. The molecule has 0 heterocycles. The highest BCUT2D eigenvalue weighted by Crippen LogP contribution is 2.41. The summed E-state index contributed by atoms with van der Waals surface area (Å²) in [6.45, 7) is 0. The number of rotatable bonds is 5. The first-order valence-corrected chi connectivity index (χ1v) is 11.6. The van der Waals surface area contributed by atoms with Crippen molar-refractivity contribution in [1.82, 2.24) is 0 Å². The lowest BCUT2D eigenvalue weighted by Gasteiger charge is -2.16. The van der Waals surface area contributed by atoms with Gasteiger partial charge in [-0.05, 0) is 61.5 Å². The van der Waals surface area contributed by atoms with Gasteiger partial charge in [-0.2, -0.15) is 0 Å². The van der Waals surface area contributed by atoms with Crippen molar-refractivity contribution in [2.75, 3.05) is 0 Å². The molecule has 0 atom stereocenters. The molecule has 0 unspecified atom stereocenters. The molecule has 4 heteroatoms. The van der Waals surface area contributed by atoms with Gasteiger partial charge in [0.25, 0.3) is 0 Å². The Kier molecular flexibility index (Phi) is 4.88. The third-order valence-corrected chi connectivity index (χ3v) is 6.93. The second-order valence-corrected chi connectivity index (χ2v) is 8.93. The molecule has 1 aliphatic carbocycles. The van der Waals surface area contributed by atoms with Gasteiger partial charge in [0.2, 0.25) is 0 Å². The second kappa shape index (κ2) is 8.07. The zero-order valence-corrected chi connectivity index (χ0v) is 18.6. The van der Waals surface area contributed by atoms with Crippen LogP contribution in [0.3, 0.4) is 0 Å². The molecule has 34 heavy (non-hydrogen) atoms. The molecule has 0 radical (unpaired) electrons. The maximum atomic E-state index is 12.2. The van der Waals surface area contributed by atoms with E-state index in [9.17, 15) is 14.4 Å². The zero-order valence-electron chi connectivity index (χ0n) is 18.6. The van der Waals surface area contributed by atoms with Crippen molar-refractivity contribution in [3.8, 4) is 0 Å². The quantitative estimate of drug-likeness (QED) is 0.0781. The number of ether oxygens (including phenoxy) is 1.